The molecule has 5 nitrogen and oxygen atoms in total. The van der Waals surface area contributed by atoms with Crippen LogP contribution >= 0.6 is 11.8 Å². The number of benzene rings is 1. The summed E-state index contributed by atoms with van der Waals surface area (Å²) in [5.41, 5.74) is 0.133. The quantitative estimate of drug-likeness (QED) is 0.900. The molecule has 1 fully saturated rings. The van der Waals surface area contributed by atoms with Crippen LogP contribution in [0.2, 0.25) is 0 Å². The van der Waals surface area contributed by atoms with Gasteiger partial charge in [-0.3, -0.25) is 4.90 Å². The molecule has 19 heavy (non-hydrogen) atoms. The Morgan fingerprint density at radius 2 is 2.16 bits per heavy atom. The second kappa shape index (κ2) is 5.48. The van der Waals surface area contributed by atoms with Crippen molar-refractivity contribution in [3.63, 3.8) is 0 Å². The highest BCUT2D eigenvalue weighted by Gasteiger charge is 2.36. The summed E-state index contributed by atoms with van der Waals surface area (Å²) in [5.74, 6) is -0.904. The molecule has 1 heterocycles. The smallest absolute Gasteiger partial charge is 0.327 e. The lowest BCUT2D eigenvalue weighted by Crippen LogP contribution is -2.47. The molecule has 1 aromatic rings. The molecule has 1 N–H and O–H groups in total. The van der Waals surface area contributed by atoms with E-state index >= 15 is 0 Å². The first-order valence-electron chi connectivity index (χ1n) is 5.61. The van der Waals surface area contributed by atoms with Crippen LogP contribution in [0.1, 0.15) is 0 Å². The van der Waals surface area contributed by atoms with E-state index < -0.39 is 23.9 Å². The van der Waals surface area contributed by atoms with Crippen LogP contribution in [0, 0.1) is 5.82 Å². The minimum Gasteiger partial charge on any atom is -0.480 e. The molecule has 0 radical (unpaired) electrons. The van der Waals surface area contributed by atoms with Crippen LogP contribution in [-0.2, 0) is 4.79 Å². The highest BCUT2D eigenvalue weighted by molar-refractivity contribution is 7.99. The van der Waals surface area contributed by atoms with Crippen molar-refractivity contribution in [1.82, 2.24) is 4.90 Å². The topological polar surface area (TPSA) is 60.9 Å². The summed E-state index contributed by atoms with van der Waals surface area (Å²) in [6, 6.07) is 4.52. The molecule has 2 rings (SSSR count). The largest absolute Gasteiger partial charge is 0.480 e. The van der Waals surface area contributed by atoms with Gasteiger partial charge in [0.15, 0.2) is 0 Å². The summed E-state index contributed by atoms with van der Waals surface area (Å²) < 4.78 is 13.6. The van der Waals surface area contributed by atoms with E-state index in [1.807, 2.05) is 0 Å². The number of hydrogen-bond donors (Lipinski definition) is 1. The molecule has 1 aromatic carbocycles. The molecule has 0 aromatic heterocycles. The molecule has 7 heteroatoms. The molecule has 1 atom stereocenters. The summed E-state index contributed by atoms with van der Waals surface area (Å²) in [6.07, 6.45) is 0. The normalized spacial score (nSPS) is 18.4. The lowest BCUT2D eigenvalue weighted by molar-refractivity contribution is -0.140. The van der Waals surface area contributed by atoms with Crippen LogP contribution in [0.25, 0.3) is 0 Å². The van der Waals surface area contributed by atoms with Gasteiger partial charge >= 0.3 is 12.0 Å². The van der Waals surface area contributed by atoms with Gasteiger partial charge in [-0.1, -0.05) is 12.1 Å². The number of nitrogens with zero attached hydrogens (tertiary/aromatic N) is 2. The van der Waals surface area contributed by atoms with Gasteiger partial charge in [0.2, 0.25) is 0 Å². The van der Waals surface area contributed by atoms with Gasteiger partial charge in [-0.2, -0.15) is 0 Å². The van der Waals surface area contributed by atoms with Crippen molar-refractivity contribution in [2.24, 2.45) is 0 Å². The number of amides is 2. The summed E-state index contributed by atoms with van der Waals surface area (Å²) in [5, 5.41) is 9.04. The number of carbonyl (C=O) groups is 2. The molecule has 0 saturated carbocycles. The van der Waals surface area contributed by atoms with Gasteiger partial charge in [0.1, 0.15) is 11.9 Å². The number of anilines is 1. The Morgan fingerprint density at radius 3 is 2.79 bits per heavy atom. The van der Waals surface area contributed by atoms with Crippen molar-refractivity contribution in [2.45, 2.75) is 6.04 Å². The van der Waals surface area contributed by atoms with Gasteiger partial charge in [-0.25, -0.2) is 14.0 Å². The van der Waals surface area contributed by atoms with Crippen LogP contribution < -0.4 is 4.90 Å². The summed E-state index contributed by atoms with van der Waals surface area (Å²) in [7, 11) is 1.43. The van der Waals surface area contributed by atoms with E-state index in [4.69, 9.17) is 5.11 Å². The number of rotatable bonds is 2. The Morgan fingerprint density at radius 1 is 1.47 bits per heavy atom. The molecule has 0 bridgehead atoms. The maximum atomic E-state index is 13.6. The Labute approximate surface area is 114 Å². The minimum absolute atomic E-state index is 0.133. The molecule has 0 spiro atoms. The lowest BCUT2D eigenvalue weighted by atomic mass is 10.2. The average molecular weight is 284 g/mol. The van der Waals surface area contributed by atoms with E-state index in [1.165, 1.54) is 41.9 Å². The van der Waals surface area contributed by atoms with E-state index in [9.17, 15) is 14.0 Å². The Hall–Kier alpha value is -1.76. The van der Waals surface area contributed by atoms with Gasteiger partial charge in [0, 0.05) is 12.8 Å². The first-order valence-corrected chi connectivity index (χ1v) is 6.77. The van der Waals surface area contributed by atoms with Crippen LogP contribution in [-0.4, -0.2) is 46.7 Å². The van der Waals surface area contributed by atoms with E-state index in [2.05, 4.69) is 0 Å². The van der Waals surface area contributed by atoms with Crippen molar-refractivity contribution in [3.8, 4) is 0 Å². The number of aliphatic carboxylic acids is 1. The minimum atomic E-state index is -1.04. The van der Waals surface area contributed by atoms with Crippen LogP contribution in [0.4, 0.5) is 14.9 Å². The molecule has 1 saturated heterocycles. The fourth-order valence-electron chi connectivity index (χ4n) is 1.86. The van der Waals surface area contributed by atoms with E-state index in [1.54, 1.807) is 6.07 Å². The highest BCUT2D eigenvalue weighted by atomic mass is 32.2. The molecular weight excluding hydrogens is 271 g/mol. The first kappa shape index (κ1) is 13.7. The van der Waals surface area contributed by atoms with Gasteiger partial charge in [-0.15, -0.1) is 11.8 Å². The van der Waals surface area contributed by atoms with E-state index in [-0.39, 0.29) is 5.69 Å². The molecular formula is C12H13FN2O3S. The summed E-state index contributed by atoms with van der Waals surface area (Å²) in [4.78, 5) is 25.6. The SMILES string of the molecule is CN(C(=O)N1CSC[C@H]1C(=O)O)c1ccccc1F. The number of carboxylic acid groups (broad SMARTS) is 1. The van der Waals surface area contributed by atoms with Gasteiger partial charge in [0.25, 0.3) is 0 Å². The monoisotopic (exact) mass is 284 g/mol. The van der Waals surface area contributed by atoms with Crippen LogP contribution in [0.15, 0.2) is 24.3 Å². The number of carboxylic acids is 1. The summed E-state index contributed by atoms with van der Waals surface area (Å²) in [6.45, 7) is 0. The van der Waals surface area contributed by atoms with Crippen molar-refractivity contribution in [1.29, 1.82) is 0 Å². The number of hydrogen-bond acceptors (Lipinski definition) is 3. The molecule has 102 valence electrons. The Balaban J connectivity index is 2.20. The van der Waals surface area contributed by atoms with Crippen molar-refractivity contribution in [3.05, 3.63) is 30.1 Å². The van der Waals surface area contributed by atoms with Crippen LogP contribution in [0.3, 0.4) is 0 Å². The van der Waals surface area contributed by atoms with Crippen molar-refractivity contribution < 1.29 is 19.1 Å². The maximum absolute atomic E-state index is 13.6. The Kier molecular flexibility index (Phi) is 3.94. The third-order valence-corrected chi connectivity index (χ3v) is 3.93. The van der Waals surface area contributed by atoms with Gasteiger partial charge in [-0.05, 0) is 12.1 Å². The highest BCUT2D eigenvalue weighted by Crippen LogP contribution is 2.25. The van der Waals surface area contributed by atoms with Crippen molar-refractivity contribution >= 4 is 29.4 Å². The zero-order valence-corrected chi connectivity index (χ0v) is 11.1. The third kappa shape index (κ3) is 2.65. The zero-order chi connectivity index (χ0) is 14.0. The standard InChI is InChI=1S/C12H13FN2O3S/c1-14(9-5-3-2-4-8(9)13)12(18)15-7-19-6-10(15)11(16)17/h2-5,10H,6-7H2,1H3,(H,16,17)/t10-/m0/s1. The predicted octanol–water partition coefficient (Wildman–Crippen LogP) is 1.84. The van der Waals surface area contributed by atoms with Crippen LogP contribution in [0.5, 0.6) is 0 Å². The average Bonchev–Trinajstić information content (AvgIpc) is 2.87. The number of para-hydroxylation sites is 1. The number of thioether (sulfide) groups is 1. The summed E-state index contributed by atoms with van der Waals surface area (Å²) >= 11 is 1.37. The fourth-order valence-corrected chi connectivity index (χ4v) is 2.99. The molecule has 2 amide bonds. The second-order valence-electron chi connectivity index (χ2n) is 4.12. The second-order valence-corrected chi connectivity index (χ2v) is 5.12. The molecule has 0 aliphatic carbocycles. The fraction of sp³-hybridized carbons (Fsp3) is 0.333. The predicted molar refractivity (Wildman–Crippen MR) is 70.8 cm³/mol. The third-order valence-electron chi connectivity index (χ3n) is 2.91. The number of halogens is 1. The van der Waals surface area contributed by atoms with E-state index in [0.29, 0.717) is 11.6 Å². The van der Waals surface area contributed by atoms with E-state index in [0.717, 1.165) is 4.90 Å². The molecule has 1 aliphatic rings. The van der Waals surface area contributed by atoms with Gasteiger partial charge < -0.3 is 10.0 Å². The number of carbonyl (C=O) groups excluding carboxylic acids is 1. The maximum Gasteiger partial charge on any atom is 0.327 e. The number of urea groups is 1. The molecule has 1 aliphatic heterocycles. The van der Waals surface area contributed by atoms with Gasteiger partial charge in [0.05, 0.1) is 11.6 Å². The Bertz CT molecular complexity index is 512. The van der Waals surface area contributed by atoms with Crippen molar-refractivity contribution in [2.75, 3.05) is 23.6 Å². The molecule has 0 unspecified atom stereocenters. The zero-order valence-electron chi connectivity index (χ0n) is 10.2. The lowest BCUT2D eigenvalue weighted by Gasteiger charge is -2.27. The first-order chi connectivity index (χ1) is 9.02.